The van der Waals surface area contributed by atoms with Gasteiger partial charge in [0.1, 0.15) is 5.82 Å². The van der Waals surface area contributed by atoms with Crippen LogP contribution in [0.4, 0.5) is 10.1 Å². The van der Waals surface area contributed by atoms with Crippen molar-refractivity contribution in [3.8, 4) is 0 Å². The molecule has 152 valence electrons. The summed E-state index contributed by atoms with van der Waals surface area (Å²) < 4.78 is 13.8. The summed E-state index contributed by atoms with van der Waals surface area (Å²) in [6.45, 7) is 5.43. The summed E-state index contributed by atoms with van der Waals surface area (Å²) >= 11 is 0. The molecule has 2 amide bonds. The summed E-state index contributed by atoms with van der Waals surface area (Å²) in [4.78, 5) is 27.8. The van der Waals surface area contributed by atoms with Crippen LogP contribution in [-0.2, 0) is 6.54 Å². The maximum Gasteiger partial charge on any atom is 0.256 e. The molecule has 1 saturated carbocycles. The van der Waals surface area contributed by atoms with Crippen LogP contribution in [0.25, 0.3) is 0 Å². The zero-order chi connectivity index (χ0) is 20.9. The summed E-state index contributed by atoms with van der Waals surface area (Å²) in [5.74, 6) is -0.800. The van der Waals surface area contributed by atoms with Gasteiger partial charge >= 0.3 is 0 Å². The zero-order valence-electron chi connectivity index (χ0n) is 16.8. The van der Waals surface area contributed by atoms with Gasteiger partial charge in [-0.3, -0.25) is 9.59 Å². The highest BCUT2D eigenvalue weighted by atomic mass is 19.1. The lowest BCUT2D eigenvalue weighted by atomic mass is 9.93. The zero-order valence-corrected chi connectivity index (χ0v) is 16.8. The number of rotatable bonds is 5. The number of carbonyl (C=O) groups excluding carboxylic acids is 2. The average molecular weight is 396 g/mol. The van der Waals surface area contributed by atoms with E-state index in [0.29, 0.717) is 23.7 Å². The van der Waals surface area contributed by atoms with Crippen molar-refractivity contribution in [2.75, 3.05) is 5.32 Å². The van der Waals surface area contributed by atoms with Crippen molar-refractivity contribution in [1.82, 2.24) is 4.90 Å². The lowest BCUT2D eigenvalue weighted by molar-refractivity contribution is -0.0224. The molecule has 1 atom stereocenters. The van der Waals surface area contributed by atoms with Crippen molar-refractivity contribution in [2.24, 2.45) is 5.92 Å². The first kappa shape index (κ1) is 19.6. The molecule has 2 N–H and O–H groups in total. The molecule has 29 heavy (non-hydrogen) atoms. The Balaban J connectivity index is 1.64. The molecule has 6 heteroatoms. The first-order valence-corrected chi connectivity index (χ1v) is 9.90. The molecule has 1 heterocycles. The number of hydrogen-bond donors (Lipinski definition) is 2. The van der Waals surface area contributed by atoms with Crippen molar-refractivity contribution >= 4 is 17.5 Å². The molecule has 2 aromatic rings. The van der Waals surface area contributed by atoms with Gasteiger partial charge in [0.2, 0.25) is 0 Å². The third kappa shape index (κ3) is 3.53. The van der Waals surface area contributed by atoms with Crippen LogP contribution >= 0.6 is 0 Å². The number of benzene rings is 2. The van der Waals surface area contributed by atoms with Gasteiger partial charge < -0.3 is 15.3 Å². The van der Waals surface area contributed by atoms with Gasteiger partial charge in [0.05, 0.1) is 22.9 Å². The molecule has 0 aromatic heterocycles. The summed E-state index contributed by atoms with van der Waals surface area (Å²) in [5.41, 5.74) is 1.16. The summed E-state index contributed by atoms with van der Waals surface area (Å²) in [5, 5.41) is 13.5. The molecule has 0 spiro atoms. The number of nitrogens with one attached hydrogen (secondary N) is 1. The molecule has 1 aliphatic carbocycles. The van der Waals surface area contributed by atoms with E-state index in [-0.39, 0.29) is 23.1 Å². The molecule has 4 rings (SSSR count). The minimum Gasteiger partial charge on any atom is -0.388 e. The quantitative estimate of drug-likeness (QED) is 0.806. The van der Waals surface area contributed by atoms with Crippen LogP contribution in [0.5, 0.6) is 0 Å². The van der Waals surface area contributed by atoms with Crippen LogP contribution in [0.1, 0.15) is 58.5 Å². The van der Waals surface area contributed by atoms with E-state index in [0.717, 1.165) is 18.4 Å². The molecule has 5 nitrogen and oxygen atoms in total. The number of fused-ring (bicyclic) bond motifs is 1. The van der Waals surface area contributed by atoms with Crippen molar-refractivity contribution < 1.29 is 19.1 Å². The van der Waals surface area contributed by atoms with Gasteiger partial charge in [-0.1, -0.05) is 18.2 Å². The minimum absolute atomic E-state index is 0.189. The van der Waals surface area contributed by atoms with Crippen molar-refractivity contribution in [3.05, 3.63) is 64.5 Å². The Hall–Kier alpha value is -2.73. The van der Waals surface area contributed by atoms with Crippen molar-refractivity contribution in [2.45, 2.75) is 51.8 Å². The van der Waals surface area contributed by atoms with E-state index >= 15 is 0 Å². The Morgan fingerprint density at radius 3 is 2.59 bits per heavy atom. The van der Waals surface area contributed by atoms with Crippen LogP contribution in [0.2, 0.25) is 0 Å². The molecule has 1 fully saturated rings. The first-order valence-electron chi connectivity index (χ1n) is 9.90. The predicted octanol–water partition coefficient (Wildman–Crippen LogP) is 3.89. The third-order valence-electron chi connectivity index (χ3n) is 5.85. The van der Waals surface area contributed by atoms with Gasteiger partial charge in [-0.2, -0.15) is 0 Å². The second-order valence-electron chi connectivity index (χ2n) is 8.58. The normalized spacial score (nSPS) is 17.3. The Morgan fingerprint density at radius 2 is 1.93 bits per heavy atom. The van der Waals surface area contributed by atoms with E-state index in [1.807, 2.05) is 6.07 Å². The monoisotopic (exact) mass is 396 g/mol. The Morgan fingerprint density at radius 1 is 1.24 bits per heavy atom. The fourth-order valence-corrected chi connectivity index (χ4v) is 4.38. The van der Waals surface area contributed by atoms with Gasteiger partial charge in [0.15, 0.2) is 0 Å². The van der Waals surface area contributed by atoms with Crippen LogP contribution in [0, 0.1) is 18.7 Å². The SMILES string of the molecule is Cc1c(F)cccc1C(=O)Nc1cccc2c1C(=O)N([C@H](C1CC1)C(C)(C)O)C2. The number of anilines is 1. The van der Waals surface area contributed by atoms with Crippen LogP contribution in [0.3, 0.4) is 0 Å². The average Bonchev–Trinajstić information content (AvgIpc) is 3.41. The van der Waals surface area contributed by atoms with E-state index in [9.17, 15) is 19.1 Å². The van der Waals surface area contributed by atoms with Gasteiger partial charge in [-0.05, 0) is 68.9 Å². The van der Waals surface area contributed by atoms with Crippen molar-refractivity contribution in [1.29, 1.82) is 0 Å². The standard InChI is InChI=1S/C23H25FN2O3/c1-13-16(7-5-8-17(13)24)21(27)25-18-9-4-6-15-12-26(22(28)19(15)18)20(14-10-11-14)23(2,3)29/h4-9,14,20,29H,10-12H2,1-3H3,(H,25,27)/t20-/m1/s1. The van der Waals surface area contributed by atoms with E-state index in [1.165, 1.54) is 12.1 Å². The Kier molecular flexibility index (Phi) is 4.69. The molecule has 1 aliphatic heterocycles. The molecule has 2 aliphatic rings. The Labute approximate surface area is 169 Å². The highest BCUT2D eigenvalue weighted by Gasteiger charge is 2.48. The first-order chi connectivity index (χ1) is 13.7. The topological polar surface area (TPSA) is 69.6 Å². The van der Waals surface area contributed by atoms with Crippen LogP contribution in [0.15, 0.2) is 36.4 Å². The van der Waals surface area contributed by atoms with Crippen LogP contribution in [-0.4, -0.2) is 33.5 Å². The minimum atomic E-state index is -1.01. The van der Waals surface area contributed by atoms with Gasteiger partial charge in [0.25, 0.3) is 11.8 Å². The van der Waals surface area contributed by atoms with Gasteiger partial charge in [0, 0.05) is 12.1 Å². The molecule has 0 bridgehead atoms. The number of aliphatic hydroxyl groups is 1. The summed E-state index contributed by atoms with van der Waals surface area (Å²) in [7, 11) is 0. The Bertz CT molecular complexity index is 992. The smallest absolute Gasteiger partial charge is 0.256 e. The summed E-state index contributed by atoms with van der Waals surface area (Å²) in [6.07, 6.45) is 1.99. The number of nitrogens with zero attached hydrogens (tertiary/aromatic N) is 1. The largest absolute Gasteiger partial charge is 0.388 e. The second-order valence-corrected chi connectivity index (χ2v) is 8.58. The third-order valence-corrected chi connectivity index (χ3v) is 5.85. The van der Waals surface area contributed by atoms with Gasteiger partial charge in [-0.25, -0.2) is 4.39 Å². The molecule has 0 unspecified atom stereocenters. The van der Waals surface area contributed by atoms with E-state index in [2.05, 4.69) is 5.32 Å². The lowest BCUT2D eigenvalue weighted by Gasteiger charge is -2.37. The highest BCUT2D eigenvalue weighted by Crippen LogP contribution is 2.43. The van der Waals surface area contributed by atoms with Gasteiger partial charge in [-0.15, -0.1) is 0 Å². The van der Waals surface area contributed by atoms with E-state index in [4.69, 9.17) is 0 Å². The number of hydrogen-bond acceptors (Lipinski definition) is 3. The maximum absolute atomic E-state index is 13.8. The maximum atomic E-state index is 13.8. The number of halogens is 1. The van der Waals surface area contributed by atoms with E-state index in [1.54, 1.807) is 43.9 Å². The summed E-state index contributed by atoms with van der Waals surface area (Å²) in [6, 6.07) is 9.43. The molecule has 0 saturated heterocycles. The van der Waals surface area contributed by atoms with Crippen LogP contribution < -0.4 is 5.32 Å². The highest BCUT2D eigenvalue weighted by molar-refractivity contribution is 6.11. The second kappa shape index (κ2) is 6.95. The van der Waals surface area contributed by atoms with E-state index < -0.39 is 17.3 Å². The molecule has 0 radical (unpaired) electrons. The lowest BCUT2D eigenvalue weighted by Crippen LogP contribution is -2.51. The molecule has 2 aromatic carbocycles. The fourth-order valence-electron chi connectivity index (χ4n) is 4.38. The predicted molar refractivity (Wildman–Crippen MR) is 108 cm³/mol. The molecular weight excluding hydrogens is 371 g/mol. The molecular formula is C23H25FN2O3. The number of amides is 2. The number of carbonyl (C=O) groups is 2. The fraction of sp³-hybridized carbons (Fsp3) is 0.391. The van der Waals surface area contributed by atoms with Crippen molar-refractivity contribution in [3.63, 3.8) is 0 Å².